The van der Waals surface area contributed by atoms with E-state index in [9.17, 15) is 45.5 Å². The van der Waals surface area contributed by atoms with Crippen molar-refractivity contribution >= 4 is 106 Å². The maximum absolute atomic E-state index is 14.4. The maximum atomic E-state index is 14.4. The van der Waals surface area contributed by atoms with Gasteiger partial charge in [0.05, 0.1) is 50.6 Å². The number of anilines is 4. The van der Waals surface area contributed by atoms with Crippen LogP contribution in [0.5, 0.6) is 0 Å². The Kier molecular flexibility index (Phi) is 21.2. The van der Waals surface area contributed by atoms with Crippen LogP contribution in [0.3, 0.4) is 0 Å². The van der Waals surface area contributed by atoms with Gasteiger partial charge in [0.25, 0.3) is 0 Å². The van der Waals surface area contributed by atoms with Crippen molar-refractivity contribution < 1.29 is 173 Å². The summed E-state index contributed by atoms with van der Waals surface area (Å²) in [6.45, 7) is 1.74. The van der Waals surface area contributed by atoms with Crippen molar-refractivity contribution in [3.8, 4) is 0 Å². The first-order valence-electron chi connectivity index (χ1n) is 17.0. The average molecular weight is 976 g/mol. The van der Waals surface area contributed by atoms with E-state index in [4.69, 9.17) is 0 Å². The first kappa shape index (κ1) is 56.4. The molecule has 0 saturated heterocycles. The van der Waals surface area contributed by atoms with E-state index < -0.39 is 42.1 Å². The minimum Gasteiger partial charge on any atom is -0.744 e. The van der Waals surface area contributed by atoms with Gasteiger partial charge in [-0.1, -0.05) is 30.3 Å². The number of hydrogen-bond donors (Lipinski definition) is 2. The van der Waals surface area contributed by atoms with E-state index in [1.165, 1.54) is 36.4 Å². The zero-order valence-electron chi connectivity index (χ0n) is 34.5. The summed E-state index contributed by atoms with van der Waals surface area (Å²) in [4.78, 5) is 21.4. The van der Waals surface area contributed by atoms with Crippen LogP contribution in [-0.2, 0) is 29.6 Å². The molecule has 0 spiro atoms. The second kappa shape index (κ2) is 24.4. The van der Waals surface area contributed by atoms with Crippen LogP contribution in [0.1, 0.15) is 15.9 Å². The molecule has 6 aromatic carbocycles. The topological polar surface area (TPSA) is 308 Å². The summed E-state index contributed by atoms with van der Waals surface area (Å²) in [5.41, 5.74) is 1.86. The van der Waals surface area contributed by atoms with Gasteiger partial charge < -0.3 is 34.9 Å². The fourth-order valence-corrected chi connectivity index (χ4v) is 7.67. The van der Waals surface area contributed by atoms with E-state index in [-0.39, 0.29) is 164 Å². The maximum Gasteiger partial charge on any atom is 1.00 e. The smallest absolute Gasteiger partial charge is 0.744 e. The van der Waals surface area contributed by atoms with Gasteiger partial charge >= 0.3 is 124 Å². The molecular formula is C37H22FN9Na4O11S3. The predicted molar refractivity (Wildman–Crippen MR) is 209 cm³/mol. The number of carbonyl (C=O) groups excluding carboxylic acids is 1. The monoisotopic (exact) mass is 975 g/mol. The molecule has 1 heterocycles. The number of nitrogens with zero attached hydrogens (tertiary/aromatic N) is 7. The summed E-state index contributed by atoms with van der Waals surface area (Å²) in [5, 5.41) is 48.1. The fraction of sp³-hybridized carbons (Fsp3) is 0.0270. The summed E-state index contributed by atoms with van der Waals surface area (Å²) in [6.07, 6.45) is -1.11. The van der Waals surface area contributed by atoms with Crippen molar-refractivity contribution in [1.82, 2.24) is 15.0 Å². The zero-order valence-corrected chi connectivity index (χ0v) is 45.0. The fourth-order valence-electron chi connectivity index (χ4n) is 5.88. The molecule has 1 aromatic heterocycles. The minimum absolute atomic E-state index is 0. The van der Waals surface area contributed by atoms with Gasteiger partial charge in [-0.25, -0.2) is 16.8 Å². The van der Waals surface area contributed by atoms with Gasteiger partial charge in [-0.3, -0.25) is 5.04 Å². The Morgan fingerprint density at radius 3 is 1.88 bits per heavy atom. The molecule has 0 bridgehead atoms. The molecule has 0 aliphatic carbocycles. The standard InChI is InChI=1S/C37H26FN9O11S3.4Na/c1-19-14-22(40-37-42-35(38)41-36(43-37)39-21-5-2-4-20(15-21)34(48)49)8-11-29(19)45-47-30-12-13-31(27-18-24(59-58-57-50)9-10-25(27)30)46-44-23-16-28-26(33(17-23)61(54,55)56)6-3-7-32(28)60(51,52)53;;;;/h2-18,50H,1H3,(H,48,49)(H,51,52,53)(H,54,55,56)(H2,39,40,41,42,43);;;;/q;4*+1/p-4. The van der Waals surface area contributed by atoms with Crippen molar-refractivity contribution in [2.75, 3.05) is 10.6 Å². The van der Waals surface area contributed by atoms with E-state index in [0.29, 0.717) is 50.3 Å². The number of hydrogen-bond acceptors (Lipinski definition) is 21. The molecule has 0 aliphatic rings. The Balaban J connectivity index is 0.00000281. The Morgan fingerprint density at radius 1 is 0.646 bits per heavy atom. The zero-order chi connectivity index (χ0) is 43.5. The second-order valence-electron chi connectivity index (χ2n) is 12.5. The van der Waals surface area contributed by atoms with E-state index >= 15 is 0 Å². The number of nitrogens with one attached hydrogen (secondary N) is 2. The Morgan fingerprint density at radius 2 is 1.25 bits per heavy atom. The van der Waals surface area contributed by atoms with Crippen LogP contribution < -0.4 is 139 Å². The molecule has 65 heavy (non-hydrogen) atoms. The number of benzene rings is 6. The number of azo groups is 2. The number of aromatic carboxylic acids is 1. The van der Waals surface area contributed by atoms with Crippen molar-refractivity contribution in [1.29, 1.82) is 0 Å². The van der Waals surface area contributed by atoms with Gasteiger partial charge in [0.15, 0.2) is 0 Å². The van der Waals surface area contributed by atoms with Crippen LogP contribution in [0, 0.1) is 13.0 Å². The Labute approximate surface area is 461 Å². The molecule has 0 amide bonds. The van der Waals surface area contributed by atoms with Crippen molar-refractivity contribution in [3.05, 3.63) is 120 Å². The molecule has 0 radical (unpaired) electrons. The molecule has 0 fully saturated rings. The molecule has 20 nitrogen and oxygen atoms in total. The van der Waals surface area contributed by atoms with E-state index in [1.807, 2.05) is 0 Å². The van der Waals surface area contributed by atoms with Crippen LogP contribution in [0.15, 0.2) is 138 Å². The van der Waals surface area contributed by atoms with Gasteiger partial charge in [-0.05, 0) is 90.8 Å². The first-order chi connectivity index (χ1) is 29.0. The molecule has 0 aliphatic heterocycles. The summed E-state index contributed by atoms with van der Waals surface area (Å²) in [6, 6.07) is 23.5. The molecule has 310 valence electrons. The third-order valence-corrected chi connectivity index (χ3v) is 10.8. The SMILES string of the molecule is Cc1cc(Nc2nc(F)nc(Nc3cccc(C(=O)[O-])c3)n2)ccc1N=Nc1ccc(N=Nc2cc(S(=O)(=O)[O-])c3cccc(S(=O)(=O)[O-])c3c2)c2cc(SOO[O-])ccc12.[Na+].[Na+].[Na+].[Na+]. The van der Waals surface area contributed by atoms with Crippen LogP contribution in [0.2, 0.25) is 0 Å². The van der Waals surface area contributed by atoms with Gasteiger partial charge in [0.1, 0.15) is 20.2 Å². The summed E-state index contributed by atoms with van der Waals surface area (Å²) >= 11 is 0.578. The van der Waals surface area contributed by atoms with E-state index in [0.717, 1.165) is 24.3 Å². The molecule has 0 saturated carbocycles. The van der Waals surface area contributed by atoms with Crippen LogP contribution in [0.25, 0.3) is 21.5 Å². The number of aromatic nitrogens is 3. The molecule has 28 heteroatoms. The Bertz CT molecular complexity index is 3200. The summed E-state index contributed by atoms with van der Waals surface area (Å²) in [7, 11) is -10.3. The van der Waals surface area contributed by atoms with Gasteiger partial charge in [0.2, 0.25) is 11.9 Å². The molecule has 0 unspecified atom stereocenters. The van der Waals surface area contributed by atoms with E-state index in [1.54, 1.807) is 49.4 Å². The van der Waals surface area contributed by atoms with Crippen molar-refractivity contribution in [2.45, 2.75) is 21.6 Å². The molecule has 2 N–H and O–H groups in total. The third kappa shape index (κ3) is 14.3. The van der Waals surface area contributed by atoms with Gasteiger partial charge in [-0.15, -0.1) is 10.2 Å². The average Bonchev–Trinajstić information content (AvgIpc) is 3.20. The van der Waals surface area contributed by atoms with Gasteiger partial charge in [-0.2, -0.15) is 33.9 Å². The number of halogens is 1. The Hall–Kier alpha value is -2.90. The van der Waals surface area contributed by atoms with Crippen molar-refractivity contribution in [2.24, 2.45) is 20.5 Å². The van der Waals surface area contributed by atoms with Gasteiger partial charge in [0, 0.05) is 37.8 Å². The number of carboxylic acid groups (broad SMARTS) is 1. The first-order valence-corrected chi connectivity index (χ1v) is 20.5. The predicted octanol–water partition coefficient (Wildman–Crippen LogP) is -5.64. The van der Waals surface area contributed by atoms with E-state index in [2.05, 4.69) is 55.4 Å². The number of carbonyl (C=O) groups is 1. The number of carboxylic acids is 1. The molecule has 7 rings (SSSR count). The van der Waals surface area contributed by atoms with Crippen LogP contribution in [-0.4, -0.2) is 46.9 Å². The number of fused-ring (bicyclic) bond motifs is 2. The number of aryl methyl sites for hydroxylation is 1. The third-order valence-electron chi connectivity index (χ3n) is 8.50. The normalized spacial score (nSPS) is 11.4. The van der Waals surface area contributed by atoms with Crippen LogP contribution >= 0.6 is 12.0 Å². The van der Waals surface area contributed by atoms with Crippen molar-refractivity contribution in [3.63, 3.8) is 0 Å². The largest absolute Gasteiger partial charge is 1.00 e. The molecule has 0 atom stereocenters. The number of rotatable bonds is 14. The van der Waals surface area contributed by atoms with Crippen LogP contribution in [0.4, 0.5) is 50.4 Å². The summed E-state index contributed by atoms with van der Waals surface area (Å²) in [5.74, 6) is -1.76. The minimum atomic E-state index is -5.19. The quantitative estimate of drug-likeness (QED) is 0.0256. The molecule has 7 aromatic rings. The second-order valence-corrected chi connectivity index (χ2v) is 16.0. The summed E-state index contributed by atoms with van der Waals surface area (Å²) < 4.78 is 91.3. The molecular weight excluding hydrogens is 954 g/mol.